The van der Waals surface area contributed by atoms with E-state index in [1.165, 1.54) is 57.8 Å². The van der Waals surface area contributed by atoms with Crippen LogP contribution in [0.4, 0.5) is 4.79 Å². The molecule has 3 saturated carbocycles. The first-order valence-electron chi connectivity index (χ1n) is 15.9. The minimum absolute atomic E-state index is 0.0796. The van der Waals surface area contributed by atoms with Gasteiger partial charge in [0.05, 0.1) is 6.54 Å². The number of allylic oxidation sites excluding steroid dienone is 1. The number of unbranched alkanes of at least 4 members (excludes halogenated alkanes) is 5. The van der Waals surface area contributed by atoms with Crippen LogP contribution in [0.3, 0.4) is 0 Å². The van der Waals surface area contributed by atoms with Crippen LogP contribution in [0.1, 0.15) is 117 Å². The molecule has 0 heterocycles. The molecule has 4 aliphatic rings. The lowest BCUT2D eigenvalue weighted by molar-refractivity contribution is -0.149. The Balaban J connectivity index is 1.00. The van der Waals surface area contributed by atoms with Gasteiger partial charge in [0.25, 0.3) is 0 Å². The van der Waals surface area contributed by atoms with Crippen molar-refractivity contribution in [1.82, 2.24) is 10.6 Å². The summed E-state index contributed by atoms with van der Waals surface area (Å²) in [6, 6.07) is 0. The standard InChI is InChI=1S/C32H54N2O4/c1-32(2,3)38-31(36)34-20-9-7-5-4-6-8-19-33-22-30(35)37-25-15-18-27-24(21-25)14-17-28-26-12-10-11-23(26)13-16-29(27)28/h14,23,25-29,33H,4-13,15-22H2,1-3H3,(H,34,36). The van der Waals surface area contributed by atoms with Gasteiger partial charge in [-0.3, -0.25) is 4.79 Å². The smallest absolute Gasteiger partial charge is 0.407 e. The second kappa shape index (κ2) is 14.2. The second-order valence-corrected chi connectivity index (χ2v) is 13.5. The molecule has 0 bridgehead atoms. The van der Waals surface area contributed by atoms with Crippen molar-refractivity contribution < 1.29 is 19.1 Å². The number of ether oxygens (including phenoxy) is 2. The number of amides is 1. The number of alkyl carbamates (subject to hydrolysis) is 1. The monoisotopic (exact) mass is 530 g/mol. The van der Waals surface area contributed by atoms with E-state index in [4.69, 9.17) is 9.47 Å². The lowest BCUT2D eigenvalue weighted by Gasteiger charge is -2.49. The molecule has 6 atom stereocenters. The zero-order valence-corrected chi connectivity index (χ0v) is 24.4. The molecule has 38 heavy (non-hydrogen) atoms. The van der Waals surface area contributed by atoms with E-state index in [2.05, 4.69) is 16.7 Å². The minimum Gasteiger partial charge on any atom is -0.461 e. The average Bonchev–Trinajstić information content (AvgIpc) is 3.35. The summed E-state index contributed by atoms with van der Waals surface area (Å²) in [6.07, 6.45) is 20.8. The summed E-state index contributed by atoms with van der Waals surface area (Å²) in [5, 5.41) is 6.09. The van der Waals surface area contributed by atoms with Crippen molar-refractivity contribution in [3.05, 3.63) is 11.6 Å². The van der Waals surface area contributed by atoms with Crippen molar-refractivity contribution in [3.63, 3.8) is 0 Å². The summed E-state index contributed by atoms with van der Waals surface area (Å²) in [5.74, 6) is 4.55. The number of fused-ring (bicyclic) bond motifs is 5. The van der Waals surface area contributed by atoms with E-state index in [0.717, 1.165) is 74.7 Å². The summed E-state index contributed by atoms with van der Waals surface area (Å²) in [5.41, 5.74) is 1.17. The molecule has 0 aromatic carbocycles. The fourth-order valence-corrected chi connectivity index (χ4v) is 7.96. The number of carbonyl (C=O) groups is 2. The molecule has 0 aromatic heterocycles. The van der Waals surface area contributed by atoms with Gasteiger partial charge in [0.15, 0.2) is 0 Å². The molecule has 1 amide bonds. The van der Waals surface area contributed by atoms with E-state index >= 15 is 0 Å². The third-order valence-electron chi connectivity index (χ3n) is 9.61. The maximum atomic E-state index is 12.4. The molecule has 0 radical (unpaired) electrons. The zero-order valence-electron chi connectivity index (χ0n) is 24.4. The quantitative estimate of drug-likeness (QED) is 0.163. The predicted molar refractivity (Wildman–Crippen MR) is 152 cm³/mol. The number of nitrogens with one attached hydrogen (secondary N) is 2. The molecule has 216 valence electrons. The van der Waals surface area contributed by atoms with E-state index in [0.29, 0.717) is 13.1 Å². The molecule has 6 heteroatoms. The van der Waals surface area contributed by atoms with Crippen molar-refractivity contribution in [2.24, 2.45) is 29.6 Å². The van der Waals surface area contributed by atoms with Gasteiger partial charge in [0.2, 0.25) is 0 Å². The van der Waals surface area contributed by atoms with Crippen LogP contribution in [0.15, 0.2) is 11.6 Å². The SMILES string of the molecule is CC(C)(C)OC(=O)NCCCCCCCCNCC(=O)OC1CCC2C(=CCC3C4CCCC4CCC23)C1. The van der Waals surface area contributed by atoms with Gasteiger partial charge in [-0.15, -0.1) is 0 Å². The highest BCUT2D eigenvalue weighted by atomic mass is 16.6. The fraction of sp³-hybridized carbons (Fsp3) is 0.875. The fourth-order valence-electron chi connectivity index (χ4n) is 7.96. The van der Waals surface area contributed by atoms with Crippen LogP contribution in [-0.4, -0.2) is 43.4 Å². The highest BCUT2D eigenvalue weighted by Crippen LogP contribution is 2.56. The summed E-state index contributed by atoms with van der Waals surface area (Å²) < 4.78 is 11.1. The Morgan fingerprint density at radius 2 is 1.63 bits per heavy atom. The highest BCUT2D eigenvalue weighted by molar-refractivity contribution is 5.71. The molecule has 6 nitrogen and oxygen atoms in total. The van der Waals surface area contributed by atoms with Gasteiger partial charge < -0.3 is 20.1 Å². The van der Waals surface area contributed by atoms with Crippen molar-refractivity contribution in [2.45, 2.75) is 129 Å². The number of esters is 1. The summed E-state index contributed by atoms with van der Waals surface area (Å²) in [7, 11) is 0. The molecular weight excluding hydrogens is 476 g/mol. The minimum atomic E-state index is -0.445. The van der Waals surface area contributed by atoms with Crippen LogP contribution < -0.4 is 10.6 Å². The first-order valence-corrected chi connectivity index (χ1v) is 15.9. The lowest BCUT2D eigenvalue weighted by Crippen LogP contribution is -2.41. The van der Waals surface area contributed by atoms with Gasteiger partial charge >= 0.3 is 12.1 Å². The van der Waals surface area contributed by atoms with Crippen molar-refractivity contribution >= 4 is 12.1 Å². The van der Waals surface area contributed by atoms with E-state index < -0.39 is 5.60 Å². The van der Waals surface area contributed by atoms with Gasteiger partial charge in [0.1, 0.15) is 11.7 Å². The second-order valence-electron chi connectivity index (χ2n) is 13.5. The van der Waals surface area contributed by atoms with Crippen LogP contribution in [0.25, 0.3) is 0 Å². The van der Waals surface area contributed by atoms with Crippen LogP contribution >= 0.6 is 0 Å². The normalized spacial score (nSPS) is 30.4. The Kier molecular flexibility index (Phi) is 11.0. The largest absolute Gasteiger partial charge is 0.461 e. The van der Waals surface area contributed by atoms with Gasteiger partial charge in [-0.1, -0.05) is 50.2 Å². The predicted octanol–water partition coefficient (Wildman–Crippen LogP) is 6.93. The Labute approximate surface area is 231 Å². The van der Waals surface area contributed by atoms with E-state index in [1.54, 1.807) is 5.57 Å². The molecule has 0 aliphatic heterocycles. The highest BCUT2D eigenvalue weighted by Gasteiger charge is 2.47. The molecular formula is C32H54N2O4. The molecule has 0 aromatic rings. The number of hydrogen-bond acceptors (Lipinski definition) is 5. The average molecular weight is 531 g/mol. The summed E-state index contributed by atoms with van der Waals surface area (Å²) >= 11 is 0. The Bertz CT molecular complexity index is 804. The Morgan fingerprint density at radius 3 is 2.42 bits per heavy atom. The first kappa shape index (κ1) is 29.4. The topological polar surface area (TPSA) is 76.7 Å². The molecule has 3 fully saturated rings. The van der Waals surface area contributed by atoms with E-state index in [-0.39, 0.29) is 18.2 Å². The summed E-state index contributed by atoms with van der Waals surface area (Å²) in [6.45, 7) is 7.46. The number of hydrogen-bond donors (Lipinski definition) is 2. The maximum Gasteiger partial charge on any atom is 0.407 e. The van der Waals surface area contributed by atoms with Gasteiger partial charge in [-0.05, 0) is 108 Å². The maximum absolute atomic E-state index is 12.4. The van der Waals surface area contributed by atoms with Crippen molar-refractivity contribution in [3.8, 4) is 0 Å². The van der Waals surface area contributed by atoms with E-state index in [9.17, 15) is 9.59 Å². The molecule has 4 aliphatic carbocycles. The van der Waals surface area contributed by atoms with E-state index in [1.807, 2.05) is 20.8 Å². The molecule has 6 unspecified atom stereocenters. The molecule has 4 rings (SSSR count). The number of carbonyl (C=O) groups excluding carboxylic acids is 2. The number of rotatable bonds is 12. The Morgan fingerprint density at radius 1 is 0.868 bits per heavy atom. The van der Waals surface area contributed by atoms with Gasteiger partial charge in [-0.2, -0.15) is 0 Å². The van der Waals surface area contributed by atoms with Crippen LogP contribution in [-0.2, 0) is 14.3 Å². The third kappa shape index (κ3) is 8.72. The lowest BCUT2D eigenvalue weighted by atomic mass is 9.57. The Hall–Kier alpha value is -1.56. The molecule has 0 spiro atoms. The van der Waals surface area contributed by atoms with Crippen molar-refractivity contribution in [2.75, 3.05) is 19.6 Å². The molecule has 2 N–H and O–H groups in total. The first-order chi connectivity index (χ1) is 18.3. The molecule has 0 saturated heterocycles. The van der Waals surface area contributed by atoms with Crippen LogP contribution in [0.5, 0.6) is 0 Å². The van der Waals surface area contributed by atoms with Gasteiger partial charge in [-0.25, -0.2) is 4.79 Å². The third-order valence-corrected chi connectivity index (χ3v) is 9.61. The van der Waals surface area contributed by atoms with Gasteiger partial charge in [0, 0.05) is 13.0 Å². The van der Waals surface area contributed by atoms with Crippen LogP contribution in [0.2, 0.25) is 0 Å². The summed E-state index contributed by atoms with van der Waals surface area (Å²) in [4.78, 5) is 24.1. The van der Waals surface area contributed by atoms with Crippen LogP contribution in [0, 0.1) is 29.6 Å². The zero-order chi connectivity index (χ0) is 27.0. The van der Waals surface area contributed by atoms with Crippen molar-refractivity contribution in [1.29, 1.82) is 0 Å².